The van der Waals surface area contributed by atoms with E-state index in [1.165, 1.54) is 12.4 Å². The van der Waals surface area contributed by atoms with Crippen LogP contribution in [0.1, 0.15) is 10.4 Å². The van der Waals surface area contributed by atoms with E-state index in [2.05, 4.69) is 10.3 Å². The fourth-order valence-electron chi connectivity index (χ4n) is 1.31. The number of rotatable bonds is 2. The minimum absolute atomic E-state index is 0.205. The maximum Gasteiger partial charge on any atom is 0.258 e. The highest BCUT2D eigenvalue weighted by Gasteiger charge is 2.12. The first kappa shape index (κ1) is 11.2. The molecule has 1 aromatic carbocycles. The molecule has 2 aromatic rings. The van der Waals surface area contributed by atoms with Gasteiger partial charge in [-0.3, -0.25) is 9.78 Å². The summed E-state index contributed by atoms with van der Waals surface area (Å²) in [5, 5.41) is 2.48. The monoisotopic (exact) mass is 234 g/mol. The average molecular weight is 234 g/mol. The van der Waals surface area contributed by atoms with Gasteiger partial charge in [0.1, 0.15) is 11.6 Å². The number of nitrogens with one attached hydrogen (secondary N) is 1. The van der Waals surface area contributed by atoms with Crippen LogP contribution in [-0.2, 0) is 0 Å². The molecule has 0 aliphatic heterocycles. The predicted octanol–water partition coefficient (Wildman–Crippen LogP) is 2.61. The molecule has 1 aromatic heterocycles. The fraction of sp³-hybridized carbons (Fsp3) is 0. The van der Waals surface area contributed by atoms with Gasteiger partial charge < -0.3 is 5.32 Å². The van der Waals surface area contributed by atoms with E-state index in [9.17, 15) is 13.6 Å². The molecule has 0 atom stereocenters. The van der Waals surface area contributed by atoms with E-state index in [-0.39, 0.29) is 5.56 Å². The third-order valence-electron chi connectivity index (χ3n) is 2.11. The standard InChI is InChI=1S/C12H8F2N2O/c13-8-1-2-10(11(14)7-8)12(17)16-9-3-5-15-6-4-9/h1-7H,(H,15,16,17). The van der Waals surface area contributed by atoms with Crippen LogP contribution in [0.5, 0.6) is 0 Å². The second kappa shape index (κ2) is 4.69. The first-order valence-corrected chi connectivity index (χ1v) is 4.83. The first-order chi connectivity index (χ1) is 8.16. The Kier molecular flexibility index (Phi) is 3.09. The topological polar surface area (TPSA) is 42.0 Å². The lowest BCUT2D eigenvalue weighted by molar-refractivity contribution is 0.102. The molecular weight excluding hydrogens is 226 g/mol. The number of aromatic nitrogens is 1. The molecule has 1 heterocycles. The van der Waals surface area contributed by atoms with Gasteiger partial charge in [-0.1, -0.05) is 0 Å². The Bertz CT molecular complexity index is 543. The number of halogens is 2. The molecule has 1 N–H and O–H groups in total. The van der Waals surface area contributed by atoms with E-state index in [1.807, 2.05) is 0 Å². The minimum Gasteiger partial charge on any atom is -0.322 e. The Balaban J connectivity index is 2.21. The fourth-order valence-corrected chi connectivity index (χ4v) is 1.31. The Labute approximate surface area is 96.1 Å². The van der Waals surface area contributed by atoms with Crippen molar-refractivity contribution in [1.29, 1.82) is 0 Å². The van der Waals surface area contributed by atoms with E-state index in [0.717, 1.165) is 12.1 Å². The molecule has 0 saturated heterocycles. The van der Waals surface area contributed by atoms with Crippen LogP contribution in [0.3, 0.4) is 0 Å². The lowest BCUT2D eigenvalue weighted by Gasteiger charge is -2.05. The van der Waals surface area contributed by atoms with Crippen molar-refractivity contribution in [2.24, 2.45) is 0 Å². The summed E-state index contributed by atoms with van der Waals surface area (Å²) < 4.78 is 25.9. The van der Waals surface area contributed by atoms with Crippen LogP contribution >= 0.6 is 0 Å². The highest BCUT2D eigenvalue weighted by atomic mass is 19.1. The van der Waals surface area contributed by atoms with Crippen molar-refractivity contribution < 1.29 is 13.6 Å². The second-order valence-electron chi connectivity index (χ2n) is 3.31. The summed E-state index contributed by atoms with van der Waals surface area (Å²) in [4.78, 5) is 15.4. The molecule has 3 nitrogen and oxygen atoms in total. The van der Waals surface area contributed by atoms with Gasteiger partial charge in [0.05, 0.1) is 5.56 Å². The number of carbonyl (C=O) groups is 1. The van der Waals surface area contributed by atoms with Crippen molar-refractivity contribution >= 4 is 11.6 Å². The molecule has 0 radical (unpaired) electrons. The molecule has 0 spiro atoms. The number of carbonyl (C=O) groups excluding carboxylic acids is 1. The van der Waals surface area contributed by atoms with Crippen LogP contribution in [0.4, 0.5) is 14.5 Å². The first-order valence-electron chi connectivity index (χ1n) is 4.83. The number of nitrogens with zero attached hydrogens (tertiary/aromatic N) is 1. The summed E-state index contributed by atoms with van der Waals surface area (Å²) in [6.07, 6.45) is 2.99. The zero-order chi connectivity index (χ0) is 12.3. The van der Waals surface area contributed by atoms with Gasteiger partial charge >= 0.3 is 0 Å². The quantitative estimate of drug-likeness (QED) is 0.867. The van der Waals surface area contributed by atoms with Crippen molar-refractivity contribution in [1.82, 2.24) is 4.98 Å². The minimum atomic E-state index is -0.892. The number of amides is 1. The molecule has 86 valence electrons. The summed E-state index contributed by atoms with van der Waals surface area (Å²) in [7, 11) is 0. The van der Waals surface area contributed by atoms with E-state index in [4.69, 9.17) is 0 Å². The zero-order valence-corrected chi connectivity index (χ0v) is 8.65. The summed E-state index contributed by atoms with van der Waals surface area (Å²) in [6.45, 7) is 0. The summed E-state index contributed by atoms with van der Waals surface area (Å²) in [5.41, 5.74) is 0.289. The number of benzene rings is 1. The van der Waals surface area contributed by atoms with Crippen LogP contribution in [0, 0.1) is 11.6 Å². The normalized spacial score (nSPS) is 10.0. The van der Waals surface area contributed by atoms with Gasteiger partial charge in [0.15, 0.2) is 0 Å². The Morgan fingerprint density at radius 3 is 2.47 bits per heavy atom. The van der Waals surface area contributed by atoms with Gasteiger partial charge in [0, 0.05) is 24.1 Å². The molecule has 0 unspecified atom stereocenters. The smallest absolute Gasteiger partial charge is 0.258 e. The van der Waals surface area contributed by atoms with Crippen LogP contribution in [0.25, 0.3) is 0 Å². The van der Waals surface area contributed by atoms with Gasteiger partial charge in [-0.25, -0.2) is 8.78 Å². The molecule has 0 aliphatic rings. The van der Waals surface area contributed by atoms with E-state index < -0.39 is 17.5 Å². The SMILES string of the molecule is O=C(Nc1ccncc1)c1ccc(F)cc1F. The van der Waals surface area contributed by atoms with Gasteiger partial charge in [0.25, 0.3) is 5.91 Å². The largest absolute Gasteiger partial charge is 0.322 e. The van der Waals surface area contributed by atoms with Crippen molar-refractivity contribution in [2.75, 3.05) is 5.32 Å². The third kappa shape index (κ3) is 2.63. The molecule has 17 heavy (non-hydrogen) atoms. The second-order valence-corrected chi connectivity index (χ2v) is 3.31. The van der Waals surface area contributed by atoms with Gasteiger partial charge in [0.2, 0.25) is 0 Å². The molecule has 0 fully saturated rings. The number of hydrogen-bond donors (Lipinski definition) is 1. The van der Waals surface area contributed by atoms with Gasteiger partial charge in [-0.05, 0) is 24.3 Å². The third-order valence-corrected chi connectivity index (χ3v) is 2.11. The Morgan fingerprint density at radius 1 is 1.12 bits per heavy atom. The van der Waals surface area contributed by atoms with Gasteiger partial charge in [-0.15, -0.1) is 0 Å². The molecule has 0 aliphatic carbocycles. The van der Waals surface area contributed by atoms with E-state index >= 15 is 0 Å². The molecule has 5 heteroatoms. The molecule has 0 bridgehead atoms. The van der Waals surface area contributed by atoms with Crippen LogP contribution in [0.2, 0.25) is 0 Å². The summed E-state index contributed by atoms with van der Waals surface area (Å²) in [5.74, 6) is -2.24. The summed E-state index contributed by atoms with van der Waals surface area (Å²) in [6, 6.07) is 5.94. The summed E-state index contributed by atoms with van der Waals surface area (Å²) >= 11 is 0. The maximum absolute atomic E-state index is 13.3. The maximum atomic E-state index is 13.3. The predicted molar refractivity (Wildman–Crippen MR) is 58.5 cm³/mol. The van der Waals surface area contributed by atoms with Crippen LogP contribution in [-0.4, -0.2) is 10.9 Å². The Morgan fingerprint density at radius 2 is 1.82 bits per heavy atom. The van der Waals surface area contributed by atoms with Crippen molar-refractivity contribution in [3.05, 3.63) is 59.9 Å². The number of pyridine rings is 1. The van der Waals surface area contributed by atoms with Crippen molar-refractivity contribution in [3.63, 3.8) is 0 Å². The molecule has 1 amide bonds. The zero-order valence-electron chi connectivity index (χ0n) is 8.65. The molecular formula is C12H8F2N2O. The van der Waals surface area contributed by atoms with Crippen molar-refractivity contribution in [2.45, 2.75) is 0 Å². The van der Waals surface area contributed by atoms with E-state index in [0.29, 0.717) is 11.8 Å². The van der Waals surface area contributed by atoms with Gasteiger partial charge in [-0.2, -0.15) is 0 Å². The number of anilines is 1. The average Bonchev–Trinajstić information content (AvgIpc) is 2.30. The highest BCUT2D eigenvalue weighted by molar-refractivity contribution is 6.04. The lowest BCUT2D eigenvalue weighted by atomic mass is 10.2. The molecule has 0 saturated carbocycles. The van der Waals surface area contributed by atoms with Crippen molar-refractivity contribution in [3.8, 4) is 0 Å². The van der Waals surface area contributed by atoms with Crippen LogP contribution < -0.4 is 5.32 Å². The molecule has 2 rings (SSSR count). The van der Waals surface area contributed by atoms with E-state index in [1.54, 1.807) is 12.1 Å². The highest BCUT2D eigenvalue weighted by Crippen LogP contribution is 2.12. The number of hydrogen-bond acceptors (Lipinski definition) is 2. The lowest BCUT2D eigenvalue weighted by Crippen LogP contribution is -2.13. The van der Waals surface area contributed by atoms with Crippen LogP contribution in [0.15, 0.2) is 42.7 Å². The Hall–Kier alpha value is -2.30.